The van der Waals surface area contributed by atoms with Crippen LogP contribution in [0.1, 0.15) is 11.1 Å². The van der Waals surface area contributed by atoms with E-state index in [1.807, 2.05) is 35.7 Å². The van der Waals surface area contributed by atoms with Crippen molar-refractivity contribution in [3.8, 4) is 26.4 Å². The highest BCUT2D eigenvalue weighted by Crippen LogP contribution is 2.37. The van der Waals surface area contributed by atoms with Crippen LogP contribution in [-0.4, -0.2) is 25.4 Å². The fraction of sp³-hybridized carbons (Fsp3) is 0.0741. The maximum atomic E-state index is 13.2. The molecule has 12 heteroatoms. The number of benzene rings is 2. The van der Waals surface area contributed by atoms with Crippen molar-refractivity contribution in [1.29, 1.82) is 5.26 Å². The summed E-state index contributed by atoms with van der Waals surface area (Å²) in [6, 6.07) is 21.4. The number of sulfonamides is 1. The first-order valence-electron chi connectivity index (χ1n) is 11.4. The fourth-order valence-electron chi connectivity index (χ4n) is 3.68. The number of rotatable bonds is 8. The number of hydrogen-bond donors (Lipinski definition) is 1. The third kappa shape index (κ3) is 5.67. The normalized spacial score (nSPS) is 11.3. The van der Waals surface area contributed by atoms with Crippen molar-refractivity contribution in [2.24, 2.45) is 0 Å². The van der Waals surface area contributed by atoms with Gasteiger partial charge in [0.25, 0.3) is 15.6 Å². The molecule has 196 valence electrons. The van der Waals surface area contributed by atoms with Crippen LogP contribution in [-0.2, 0) is 15.8 Å². The molecule has 7 nitrogen and oxygen atoms in total. The molecule has 0 saturated heterocycles. The van der Waals surface area contributed by atoms with Gasteiger partial charge >= 0.3 is 0 Å². The molecule has 0 atom stereocenters. The largest absolute Gasteiger partial charge is 0.300 e. The van der Waals surface area contributed by atoms with Gasteiger partial charge in [0.15, 0.2) is 5.16 Å². The molecule has 0 spiro atoms. The molecule has 39 heavy (non-hydrogen) atoms. The van der Waals surface area contributed by atoms with Crippen molar-refractivity contribution in [2.45, 2.75) is 15.8 Å². The molecule has 1 N–H and O–H groups in total. The summed E-state index contributed by atoms with van der Waals surface area (Å²) in [6.45, 7) is 0. The van der Waals surface area contributed by atoms with Gasteiger partial charge in [-0.2, -0.15) is 5.26 Å². The van der Waals surface area contributed by atoms with Gasteiger partial charge in [-0.1, -0.05) is 30.0 Å². The Morgan fingerprint density at radius 3 is 2.41 bits per heavy atom. The van der Waals surface area contributed by atoms with Crippen LogP contribution in [0.15, 0.2) is 93.0 Å². The maximum Gasteiger partial charge on any atom is 0.270 e. The zero-order chi connectivity index (χ0) is 27.6. The Morgan fingerprint density at radius 2 is 1.74 bits per heavy atom. The number of thiophene rings is 2. The Bertz CT molecular complexity index is 1820. The van der Waals surface area contributed by atoms with Crippen molar-refractivity contribution >= 4 is 50.1 Å². The zero-order valence-corrected chi connectivity index (χ0v) is 23.6. The highest BCUT2D eigenvalue weighted by Gasteiger charge is 2.21. The standard InChI is InChI=1S/C27H19FN4O3S4/c1-32(39(34,35)20-10-6-18(28)7-11-20)19-8-4-17(5-9-19)16-37-27-30-25(21(15-29)26(33)31-27)24-13-12-23(38-24)22-3-2-14-36-22/h2-14H,16H2,1H3,(H,30,31,33). The second-order valence-electron chi connectivity index (χ2n) is 8.23. The fourth-order valence-corrected chi connectivity index (χ4v) is 7.53. The molecule has 0 bridgehead atoms. The SMILES string of the molecule is CN(c1ccc(CSc2nc(-c3ccc(-c4cccs4)s3)c(C#N)c(=O)[nH]2)cc1)S(=O)(=O)c1ccc(F)cc1. The second-order valence-corrected chi connectivity index (χ2v) is 13.2. The van der Waals surface area contributed by atoms with Crippen LogP contribution in [0.3, 0.4) is 0 Å². The van der Waals surface area contributed by atoms with Crippen LogP contribution in [0.2, 0.25) is 0 Å². The van der Waals surface area contributed by atoms with Gasteiger partial charge in [0, 0.05) is 22.6 Å². The highest BCUT2D eigenvalue weighted by molar-refractivity contribution is 7.98. The molecule has 5 aromatic rings. The molecule has 0 saturated carbocycles. The topological polar surface area (TPSA) is 107 Å². The van der Waals surface area contributed by atoms with Crippen molar-refractivity contribution in [2.75, 3.05) is 11.4 Å². The minimum Gasteiger partial charge on any atom is -0.300 e. The quantitative estimate of drug-likeness (QED) is 0.166. The van der Waals surface area contributed by atoms with Gasteiger partial charge in [0.05, 0.1) is 15.5 Å². The summed E-state index contributed by atoms with van der Waals surface area (Å²) >= 11 is 4.39. The van der Waals surface area contributed by atoms with Gasteiger partial charge in [-0.05, 0) is 65.5 Å². The Balaban J connectivity index is 1.33. The number of anilines is 1. The third-order valence-corrected chi connectivity index (χ3v) is 10.7. The predicted molar refractivity (Wildman–Crippen MR) is 154 cm³/mol. The monoisotopic (exact) mass is 594 g/mol. The molecular formula is C27H19FN4O3S4. The Kier molecular flexibility index (Phi) is 7.67. The van der Waals surface area contributed by atoms with Crippen molar-refractivity contribution in [3.05, 3.63) is 105 Å². The Morgan fingerprint density at radius 1 is 1.03 bits per heavy atom. The molecular weight excluding hydrogens is 576 g/mol. The molecule has 3 heterocycles. The minimum absolute atomic E-state index is 0.00840. The zero-order valence-electron chi connectivity index (χ0n) is 20.3. The van der Waals surface area contributed by atoms with Crippen LogP contribution in [0, 0.1) is 17.1 Å². The van der Waals surface area contributed by atoms with Crippen molar-refractivity contribution < 1.29 is 12.8 Å². The lowest BCUT2D eigenvalue weighted by Crippen LogP contribution is -2.26. The van der Waals surface area contributed by atoms with Crippen LogP contribution in [0.4, 0.5) is 10.1 Å². The molecule has 2 aromatic carbocycles. The Labute approximate surface area is 236 Å². The van der Waals surface area contributed by atoms with E-state index < -0.39 is 21.4 Å². The third-order valence-electron chi connectivity index (χ3n) is 5.76. The number of thioether (sulfide) groups is 1. The van der Waals surface area contributed by atoms with Gasteiger partial charge in [0.2, 0.25) is 0 Å². The van der Waals surface area contributed by atoms with Crippen molar-refractivity contribution in [3.63, 3.8) is 0 Å². The molecule has 0 aliphatic heterocycles. The summed E-state index contributed by atoms with van der Waals surface area (Å²) in [5.41, 5.74) is 1.13. The molecule has 0 unspecified atom stereocenters. The number of nitrogens with zero attached hydrogens (tertiary/aromatic N) is 3. The first-order valence-corrected chi connectivity index (χ1v) is 15.5. The van der Waals surface area contributed by atoms with Crippen molar-refractivity contribution in [1.82, 2.24) is 9.97 Å². The van der Waals surface area contributed by atoms with Gasteiger partial charge in [-0.3, -0.25) is 9.10 Å². The van der Waals surface area contributed by atoms with Gasteiger partial charge < -0.3 is 4.98 Å². The number of nitrogens with one attached hydrogen (secondary N) is 1. The smallest absolute Gasteiger partial charge is 0.270 e. The van der Waals surface area contributed by atoms with E-state index in [-0.39, 0.29) is 10.5 Å². The van der Waals surface area contributed by atoms with Crippen LogP contribution < -0.4 is 9.86 Å². The van der Waals surface area contributed by atoms with Crippen LogP contribution in [0.5, 0.6) is 0 Å². The number of H-pyrrole nitrogens is 1. The molecule has 0 fully saturated rings. The molecule has 0 aliphatic carbocycles. The van der Waals surface area contributed by atoms with Gasteiger partial charge in [-0.15, -0.1) is 22.7 Å². The number of hydrogen-bond acceptors (Lipinski definition) is 8. The number of nitriles is 1. The van der Waals surface area contributed by atoms with E-state index in [9.17, 15) is 22.9 Å². The maximum absolute atomic E-state index is 13.2. The first kappa shape index (κ1) is 26.8. The summed E-state index contributed by atoms with van der Waals surface area (Å²) in [6.07, 6.45) is 0. The van der Waals surface area contributed by atoms with E-state index in [0.29, 0.717) is 22.3 Å². The lowest BCUT2D eigenvalue weighted by Gasteiger charge is -2.19. The molecule has 0 amide bonds. The molecule has 5 rings (SSSR count). The molecule has 0 aliphatic rings. The summed E-state index contributed by atoms with van der Waals surface area (Å²) in [4.78, 5) is 22.8. The lowest BCUT2D eigenvalue weighted by molar-refractivity contribution is 0.593. The number of aromatic amines is 1. The van der Waals surface area contributed by atoms with E-state index in [2.05, 4.69) is 9.97 Å². The average molecular weight is 595 g/mol. The minimum atomic E-state index is -3.85. The summed E-state index contributed by atoms with van der Waals surface area (Å²) in [7, 11) is -2.41. The summed E-state index contributed by atoms with van der Waals surface area (Å²) in [5.74, 6) is -0.0596. The predicted octanol–water partition coefficient (Wildman–Crippen LogP) is 6.36. The summed E-state index contributed by atoms with van der Waals surface area (Å²) < 4.78 is 40.1. The first-order chi connectivity index (χ1) is 18.8. The van der Waals surface area contributed by atoms with E-state index in [1.54, 1.807) is 35.6 Å². The molecule has 0 radical (unpaired) electrons. The summed E-state index contributed by atoms with van der Waals surface area (Å²) in [5, 5.41) is 12.0. The Hall–Kier alpha value is -3.76. The highest BCUT2D eigenvalue weighted by atomic mass is 32.2. The number of halogens is 1. The van der Waals surface area contributed by atoms with E-state index in [1.165, 1.54) is 42.3 Å². The van der Waals surface area contributed by atoms with Crippen LogP contribution >= 0.6 is 34.4 Å². The van der Waals surface area contributed by atoms with E-state index in [0.717, 1.165) is 36.6 Å². The van der Waals surface area contributed by atoms with Crippen LogP contribution in [0.25, 0.3) is 20.3 Å². The van der Waals surface area contributed by atoms with E-state index in [4.69, 9.17) is 0 Å². The number of aromatic nitrogens is 2. The van der Waals surface area contributed by atoms with E-state index >= 15 is 0 Å². The lowest BCUT2D eigenvalue weighted by atomic mass is 10.2. The molecule has 3 aromatic heterocycles. The van der Waals surface area contributed by atoms with Gasteiger partial charge in [0.1, 0.15) is 23.1 Å². The second kappa shape index (κ2) is 11.2. The van der Waals surface area contributed by atoms with Gasteiger partial charge in [-0.25, -0.2) is 17.8 Å². The average Bonchev–Trinajstić information content (AvgIpc) is 3.64.